The van der Waals surface area contributed by atoms with Crippen molar-refractivity contribution in [1.29, 1.82) is 0 Å². The van der Waals surface area contributed by atoms with E-state index < -0.39 is 28.7 Å². The Kier molecular flexibility index (Phi) is 9.22. The topological polar surface area (TPSA) is 160 Å². The average molecular weight is 401 g/mol. The van der Waals surface area contributed by atoms with Crippen LogP contribution in [0.2, 0.25) is 0 Å². The number of nitro groups is 1. The smallest absolute Gasteiger partial charge is 0.408 e. The number of anilines is 1. The second-order valence-corrected chi connectivity index (χ2v) is 7.19. The summed E-state index contributed by atoms with van der Waals surface area (Å²) in [4.78, 5) is 38.4. The van der Waals surface area contributed by atoms with Crippen LogP contribution in [0, 0.1) is 10.1 Å². The summed E-state index contributed by atoms with van der Waals surface area (Å²) in [6.07, 6.45) is 1.67. The molecule has 2 amide bonds. The minimum atomic E-state index is -0.897. The molecule has 1 rings (SSSR count). The number of amides is 2. The van der Waals surface area contributed by atoms with Crippen LogP contribution in [0.5, 0.6) is 0 Å². The van der Waals surface area contributed by atoms with Gasteiger partial charge in [-0.05, 0) is 40.2 Å². The van der Waals surface area contributed by atoms with Crippen molar-refractivity contribution in [2.45, 2.75) is 45.3 Å². The van der Waals surface area contributed by atoms with Crippen LogP contribution in [0.25, 0.3) is 0 Å². The van der Waals surface area contributed by atoms with Crippen molar-refractivity contribution >= 4 is 28.5 Å². The minimum absolute atomic E-state index is 0.0174. The molecule has 27 heavy (non-hydrogen) atoms. The van der Waals surface area contributed by atoms with E-state index in [0.29, 0.717) is 24.5 Å². The predicted octanol–water partition coefficient (Wildman–Crippen LogP) is 1.95. The summed E-state index contributed by atoms with van der Waals surface area (Å²) in [6.45, 7) is 5.58. The van der Waals surface area contributed by atoms with Crippen LogP contribution in [0.1, 0.15) is 33.6 Å². The first kappa shape index (κ1) is 22.4. The molecule has 12 nitrogen and oxygen atoms in total. The zero-order valence-electron chi connectivity index (χ0n) is 15.3. The van der Waals surface area contributed by atoms with Crippen LogP contribution in [-0.2, 0) is 9.53 Å². The van der Waals surface area contributed by atoms with Crippen LogP contribution in [0.4, 0.5) is 9.93 Å². The largest absolute Gasteiger partial charge is 0.444 e. The van der Waals surface area contributed by atoms with Gasteiger partial charge in [0.1, 0.15) is 11.6 Å². The van der Waals surface area contributed by atoms with Crippen molar-refractivity contribution in [2.75, 3.05) is 18.5 Å². The van der Waals surface area contributed by atoms with E-state index in [2.05, 4.69) is 31.3 Å². The van der Waals surface area contributed by atoms with Crippen molar-refractivity contribution in [3.63, 3.8) is 0 Å². The second-order valence-electron chi connectivity index (χ2n) is 6.29. The molecule has 0 unspecified atom stereocenters. The molecule has 0 radical (unpaired) electrons. The summed E-state index contributed by atoms with van der Waals surface area (Å²) < 4.78 is 5.19. The monoisotopic (exact) mass is 401 g/mol. The number of ether oxygens (including phenoxy) is 1. The van der Waals surface area contributed by atoms with Gasteiger partial charge in [0.2, 0.25) is 12.6 Å². The van der Waals surface area contributed by atoms with Crippen molar-refractivity contribution < 1.29 is 19.4 Å². The molecule has 0 aromatic carbocycles. The zero-order chi connectivity index (χ0) is 20.3. The lowest BCUT2D eigenvalue weighted by atomic mass is 10.1. The van der Waals surface area contributed by atoms with Gasteiger partial charge in [-0.1, -0.05) is 0 Å². The lowest BCUT2D eigenvalue weighted by Gasteiger charge is -2.23. The maximum atomic E-state index is 12.4. The highest BCUT2D eigenvalue weighted by Gasteiger charge is 2.24. The SMILES string of the molecule is CC(C)(C)OC(=O)N[C@@H](CCCNCN=N[N+](=O)[O-])C(=O)Nc1nccs1. The van der Waals surface area contributed by atoms with Gasteiger partial charge >= 0.3 is 6.09 Å². The number of carbonyl (C=O) groups is 2. The Morgan fingerprint density at radius 1 is 1.44 bits per heavy atom. The summed E-state index contributed by atoms with van der Waals surface area (Å²) in [5, 5.41) is 25.3. The molecule has 1 aromatic rings. The highest BCUT2D eigenvalue weighted by atomic mass is 32.1. The van der Waals surface area contributed by atoms with Gasteiger partial charge < -0.3 is 25.5 Å². The number of thiazole rings is 1. The first-order valence-corrected chi connectivity index (χ1v) is 8.98. The van der Waals surface area contributed by atoms with E-state index in [1.54, 1.807) is 32.3 Å². The average Bonchev–Trinajstić information content (AvgIpc) is 3.03. The zero-order valence-corrected chi connectivity index (χ0v) is 16.1. The van der Waals surface area contributed by atoms with Gasteiger partial charge in [-0.2, -0.15) is 0 Å². The van der Waals surface area contributed by atoms with Crippen molar-refractivity contribution in [3.8, 4) is 0 Å². The van der Waals surface area contributed by atoms with E-state index in [-0.39, 0.29) is 6.67 Å². The molecular weight excluding hydrogens is 378 g/mol. The standard InChI is InChI=1S/C14H23N7O5S/c1-14(2,3)26-13(23)18-10(11(22)19-12-16-7-8-27-12)5-4-6-15-9-17-20-21(24)25/h7-8,10,15H,4-6,9H2,1-3H3,(H,18,23)(H,16,19,22)/t10-/m0/s1. The van der Waals surface area contributed by atoms with Gasteiger partial charge in [0.05, 0.1) is 10.1 Å². The molecule has 0 saturated carbocycles. The van der Waals surface area contributed by atoms with Crippen LogP contribution >= 0.6 is 11.3 Å². The molecule has 1 atom stereocenters. The van der Waals surface area contributed by atoms with E-state index in [1.165, 1.54) is 11.3 Å². The maximum Gasteiger partial charge on any atom is 0.408 e. The fourth-order valence-corrected chi connectivity index (χ4v) is 2.37. The number of aromatic nitrogens is 1. The molecule has 1 heterocycles. The van der Waals surface area contributed by atoms with E-state index in [0.717, 1.165) is 0 Å². The van der Waals surface area contributed by atoms with Crippen LogP contribution in [0.15, 0.2) is 21.9 Å². The number of hydrogen-bond donors (Lipinski definition) is 3. The molecule has 13 heteroatoms. The van der Waals surface area contributed by atoms with Crippen LogP contribution < -0.4 is 16.0 Å². The third-order valence-electron chi connectivity index (χ3n) is 2.84. The summed E-state index contributed by atoms with van der Waals surface area (Å²) in [6, 6.07) is -0.828. The Morgan fingerprint density at radius 3 is 2.78 bits per heavy atom. The molecule has 1 aromatic heterocycles. The van der Waals surface area contributed by atoms with Crippen LogP contribution in [-0.4, -0.2) is 46.9 Å². The number of nitrogens with zero attached hydrogens (tertiary/aromatic N) is 4. The summed E-state index contributed by atoms with van der Waals surface area (Å²) in [5.74, 6) is -0.413. The number of nitrogens with one attached hydrogen (secondary N) is 3. The van der Waals surface area contributed by atoms with E-state index in [9.17, 15) is 19.7 Å². The normalized spacial score (nSPS) is 12.6. The molecule has 0 aliphatic heterocycles. The highest BCUT2D eigenvalue weighted by Crippen LogP contribution is 2.12. The Bertz CT molecular complexity index is 645. The number of alkyl carbamates (subject to hydrolysis) is 1. The van der Waals surface area contributed by atoms with E-state index in [4.69, 9.17) is 4.74 Å². The first-order chi connectivity index (χ1) is 12.7. The van der Waals surface area contributed by atoms with Gasteiger partial charge in [0.25, 0.3) is 0 Å². The Labute approximate surface area is 159 Å². The highest BCUT2D eigenvalue weighted by molar-refractivity contribution is 7.13. The van der Waals surface area contributed by atoms with Gasteiger partial charge in [-0.25, -0.2) is 9.78 Å². The third-order valence-corrected chi connectivity index (χ3v) is 3.52. The molecular formula is C14H23N7O5S. The van der Waals surface area contributed by atoms with Gasteiger partial charge in [0.15, 0.2) is 10.4 Å². The number of carbonyl (C=O) groups excluding carboxylic acids is 2. The quantitative estimate of drug-likeness (QED) is 0.234. The Hall–Kier alpha value is -2.67. The number of hydrogen-bond acceptors (Lipinski definition) is 9. The molecule has 0 bridgehead atoms. The van der Waals surface area contributed by atoms with Crippen LogP contribution in [0.3, 0.4) is 0 Å². The molecule has 0 saturated heterocycles. The molecule has 3 N–H and O–H groups in total. The van der Waals surface area contributed by atoms with Crippen molar-refractivity contribution in [2.24, 2.45) is 10.3 Å². The second kappa shape index (κ2) is 11.1. The van der Waals surface area contributed by atoms with E-state index >= 15 is 0 Å². The Morgan fingerprint density at radius 2 is 2.19 bits per heavy atom. The van der Waals surface area contributed by atoms with Crippen molar-refractivity contribution in [3.05, 3.63) is 21.7 Å². The lowest BCUT2D eigenvalue weighted by molar-refractivity contribution is -0.494. The predicted molar refractivity (Wildman–Crippen MR) is 97.9 cm³/mol. The van der Waals surface area contributed by atoms with Crippen molar-refractivity contribution in [1.82, 2.24) is 15.6 Å². The molecule has 0 aliphatic rings. The van der Waals surface area contributed by atoms with Gasteiger partial charge in [-0.3, -0.25) is 10.1 Å². The Balaban J connectivity index is 2.52. The summed E-state index contributed by atoms with van der Waals surface area (Å²) in [5.41, 5.74) is -0.690. The number of rotatable bonds is 10. The fraction of sp³-hybridized carbons (Fsp3) is 0.643. The minimum Gasteiger partial charge on any atom is -0.444 e. The summed E-state index contributed by atoms with van der Waals surface area (Å²) in [7, 11) is 0. The van der Waals surface area contributed by atoms with Gasteiger partial charge in [-0.15, -0.1) is 11.3 Å². The van der Waals surface area contributed by atoms with Gasteiger partial charge in [0, 0.05) is 11.6 Å². The third kappa shape index (κ3) is 10.8. The fourth-order valence-electron chi connectivity index (χ4n) is 1.84. The molecule has 0 aliphatic carbocycles. The first-order valence-electron chi connectivity index (χ1n) is 8.10. The molecule has 150 valence electrons. The lowest BCUT2D eigenvalue weighted by Crippen LogP contribution is -2.46. The summed E-state index contributed by atoms with van der Waals surface area (Å²) >= 11 is 1.26. The van der Waals surface area contributed by atoms with E-state index in [1.807, 2.05) is 0 Å². The maximum absolute atomic E-state index is 12.4. The molecule has 0 fully saturated rings. The molecule has 0 spiro atoms.